The summed E-state index contributed by atoms with van der Waals surface area (Å²) in [5, 5.41) is 4.12. The lowest BCUT2D eigenvalue weighted by Crippen LogP contribution is -2.46. The van der Waals surface area contributed by atoms with Crippen molar-refractivity contribution >= 4 is 27.5 Å². The van der Waals surface area contributed by atoms with Crippen LogP contribution in [0, 0.1) is 11.3 Å². The fraction of sp³-hybridized carbons (Fsp3) is 0.529. The van der Waals surface area contributed by atoms with Crippen molar-refractivity contribution in [2.45, 2.75) is 32.2 Å². The summed E-state index contributed by atoms with van der Waals surface area (Å²) in [5.74, 6) is 0.768. The van der Waals surface area contributed by atoms with E-state index in [1.807, 2.05) is 18.2 Å². The van der Waals surface area contributed by atoms with Gasteiger partial charge in [-0.25, -0.2) is 4.98 Å². The average molecular weight is 316 g/mol. The lowest BCUT2D eigenvalue weighted by Gasteiger charge is -2.36. The summed E-state index contributed by atoms with van der Waals surface area (Å²) in [4.78, 5) is 17.4. The Hall–Kier alpha value is -1.46. The van der Waals surface area contributed by atoms with E-state index in [1.165, 1.54) is 17.5 Å². The first-order valence-electron chi connectivity index (χ1n) is 7.98. The number of nitrogens with one attached hydrogen (secondary N) is 1. The Morgan fingerprint density at radius 1 is 1.32 bits per heavy atom. The second-order valence-corrected chi connectivity index (χ2v) is 7.42. The van der Waals surface area contributed by atoms with Gasteiger partial charge in [0.15, 0.2) is 0 Å². The van der Waals surface area contributed by atoms with Crippen LogP contribution in [0.1, 0.15) is 30.7 Å². The maximum absolute atomic E-state index is 12.8. The monoisotopic (exact) mass is 316 g/mol. The standard InChI is InChI=1S/C17H20N2O2S/c20-16(17(12-5-6-12)7-9-21-10-8-17)18-11-15-19-13-3-1-2-4-14(13)22-15/h1-4,12H,5-11H2,(H,18,20). The van der Waals surface area contributed by atoms with Gasteiger partial charge in [0.1, 0.15) is 5.01 Å². The number of thiazole rings is 1. The molecule has 116 valence electrons. The highest BCUT2D eigenvalue weighted by atomic mass is 32.1. The number of ether oxygens (including phenoxy) is 1. The number of fused-ring (bicyclic) bond motifs is 1. The molecule has 1 aromatic heterocycles. The van der Waals surface area contributed by atoms with Crippen molar-refractivity contribution < 1.29 is 9.53 Å². The Kier molecular flexibility index (Phi) is 3.62. The predicted octanol–water partition coefficient (Wildman–Crippen LogP) is 3.12. The number of para-hydroxylation sites is 1. The van der Waals surface area contributed by atoms with E-state index in [2.05, 4.69) is 16.4 Å². The summed E-state index contributed by atoms with van der Waals surface area (Å²) >= 11 is 1.66. The molecule has 2 aliphatic rings. The van der Waals surface area contributed by atoms with Gasteiger partial charge < -0.3 is 10.1 Å². The molecule has 5 heteroatoms. The van der Waals surface area contributed by atoms with E-state index in [9.17, 15) is 4.79 Å². The summed E-state index contributed by atoms with van der Waals surface area (Å²) < 4.78 is 6.64. The van der Waals surface area contributed by atoms with E-state index in [0.717, 1.165) is 23.4 Å². The first-order valence-corrected chi connectivity index (χ1v) is 8.80. The molecule has 1 amide bonds. The third kappa shape index (κ3) is 2.52. The molecule has 0 bridgehead atoms. The third-order valence-electron chi connectivity index (χ3n) is 4.93. The van der Waals surface area contributed by atoms with E-state index in [4.69, 9.17) is 4.74 Å². The zero-order valence-electron chi connectivity index (χ0n) is 12.5. The van der Waals surface area contributed by atoms with Gasteiger partial charge in [-0.05, 0) is 43.7 Å². The molecule has 0 unspecified atom stereocenters. The number of carbonyl (C=O) groups excluding carboxylic acids is 1. The van der Waals surface area contributed by atoms with Gasteiger partial charge in [0.25, 0.3) is 0 Å². The Morgan fingerprint density at radius 3 is 2.82 bits per heavy atom. The molecule has 1 saturated carbocycles. The van der Waals surface area contributed by atoms with E-state index < -0.39 is 0 Å². The normalized spacial score (nSPS) is 20.9. The van der Waals surface area contributed by atoms with Crippen molar-refractivity contribution in [3.8, 4) is 0 Å². The molecule has 0 atom stereocenters. The highest BCUT2D eigenvalue weighted by Gasteiger charge is 2.51. The van der Waals surface area contributed by atoms with Crippen LogP contribution in [0.4, 0.5) is 0 Å². The van der Waals surface area contributed by atoms with Crippen molar-refractivity contribution in [3.63, 3.8) is 0 Å². The van der Waals surface area contributed by atoms with Crippen LogP contribution in [0.15, 0.2) is 24.3 Å². The molecule has 2 fully saturated rings. The van der Waals surface area contributed by atoms with E-state index in [0.29, 0.717) is 25.7 Å². The van der Waals surface area contributed by atoms with Gasteiger partial charge >= 0.3 is 0 Å². The van der Waals surface area contributed by atoms with Crippen molar-refractivity contribution in [1.82, 2.24) is 10.3 Å². The topological polar surface area (TPSA) is 51.2 Å². The van der Waals surface area contributed by atoms with Crippen LogP contribution in [-0.2, 0) is 16.1 Å². The zero-order chi connectivity index (χ0) is 15.0. The van der Waals surface area contributed by atoms with Crippen molar-refractivity contribution in [2.75, 3.05) is 13.2 Å². The summed E-state index contributed by atoms with van der Waals surface area (Å²) in [6.45, 7) is 1.96. The maximum Gasteiger partial charge on any atom is 0.227 e. The smallest absolute Gasteiger partial charge is 0.227 e. The molecule has 1 aliphatic heterocycles. The number of benzene rings is 1. The third-order valence-corrected chi connectivity index (χ3v) is 5.97. The van der Waals surface area contributed by atoms with Crippen molar-refractivity contribution in [2.24, 2.45) is 11.3 Å². The molecular weight excluding hydrogens is 296 g/mol. The number of aromatic nitrogens is 1. The van der Waals surface area contributed by atoms with Gasteiger partial charge in [0.05, 0.1) is 22.2 Å². The summed E-state index contributed by atoms with van der Waals surface area (Å²) in [5.41, 5.74) is 0.828. The molecular formula is C17H20N2O2S. The van der Waals surface area contributed by atoms with E-state index in [1.54, 1.807) is 11.3 Å². The molecule has 1 aliphatic carbocycles. The summed E-state index contributed by atoms with van der Waals surface area (Å²) in [6, 6.07) is 8.10. The van der Waals surface area contributed by atoms with Crippen LogP contribution >= 0.6 is 11.3 Å². The quantitative estimate of drug-likeness (QED) is 0.943. The van der Waals surface area contributed by atoms with Crippen LogP contribution in [0.25, 0.3) is 10.2 Å². The second-order valence-electron chi connectivity index (χ2n) is 6.30. The molecule has 1 N–H and O–H groups in total. The number of hydrogen-bond acceptors (Lipinski definition) is 4. The molecule has 1 saturated heterocycles. The fourth-order valence-electron chi connectivity index (χ4n) is 3.52. The molecule has 0 spiro atoms. The number of carbonyl (C=O) groups is 1. The number of amides is 1. The number of rotatable bonds is 4. The highest BCUT2D eigenvalue weighted by molar-refractivity contribution is 7.18. The molecule has 0 radical (unpaired) electrons. The molecule has 4 nitrogen and oxygen atoms in total. The SMILES string of the molecule is O=C(NCc1nc2ccccc2s1)C1(C2CC2)CCOCC1. The summed E-state index contributed by atoms with van der Waals surface area (Å²) in [7, 11) is 0. The minimum atomic E-state index is -0.186. The molecule has 2 aromatic rings. The lowest BCUT2D eigenvalue weighted by atomic mass is 9.75. The molecule has 4 rings (SSSR count). The summed E-state index contributed by atoms with van der Waals surface area (Å²) in [6.07, 6.45) is 4.11. The first kappa shape index (κ1) is 14.2. The number of nitrogens with zero attached hydrogens (tertiary/aromatic N) is 1. The van der Waals surface area contributed by atoms with Crippen LogP contribution in [0.2, 0.25) is 0 Å². The molecule has 22 heavy (non-hydrogen) atoms. The van der Waals surface area contributed by atoms with Crippen LogP contribution in [0.3, 0.4) is 0 Å². The maximum atomic E-state index is 12.8. The Labute approximate surface area is 133 Å². The minimum absolute atomic E-state index is 0.186. The van der Waals surface area contributed by atoms with Crippen LogP contribution in [-0.4, -0.2) is 24.1 Å². The molecule has 1 aromatic carbocycles. The van der Waals surface area contributed by atoms with Gasteiger partial charge in [0, 0.05) is 13.2 Å². The largest absolute Gasteiger partial charge is 0.381 e. The lowest BCUT2D eigenvalue weighted by molar-refractivity contribution is -0.138. The molecule has 2 heterocycles. The van der Waals surface area contributed by atoms with Gasteiger partial charge in [-0.2, -0.15) is 0 Å². The van der Waals surface area contributed by atoms with Gasteiger partial charge in [-0.1, -0.05) is 12.1 Å². The van der Waals surface area contributed by atoms with Gasteiger partial charge in [0.2, 0.25) is 5.91 Å². The zero-order valence-corrected chi connectivity index (χ0v) is 13.3. The Balaban J connectivity index is 1.46. The average Bonchev–Trinajstić information content (AvgIpc) is 3.33. The van der Waals surface area contributed by atoms with Crippen LogP contribution in [0.5, 0.6) is 0 Å². The Bertz CT molecular complexity index is 654. The number of hydrogen-bond donors (Lipinski definition) is 1. The van der Waals surface area contributed by atoms with E-state index in [-0.39, 0.29) is 11.3 Å². The predicted molar refractivity (Wildman–Crippen MR) is 86.7 cm³/mol. The minimum Gasteiger partial charge on any atom is -0.381 e. The second kappa shape index (κ2) is 5.63. The first-order chi connectivity index (χ1) is 10.8. The van der Waals surface area contributed by atoms with Crippen molar-refractivity contribution in [1.29, 1.82) is 0 Å². The van der Waals surface area contributed by atoms with Crippen LogP contribution < -0.4 is 5.32 Å². The van der Waals surface area contributed by atoms with Gasteiger partial charge in [-0.15, -0.1) is 11.3 Å². The van der Waals surface area contributed by atoms with Crippen molar-refractivity contribution in [3.05, 3.63) is 29.3 Å². The Morgan fingerprint density at radius 2 is 2.09 bits per heavy atom. The van der Waals surface area contributed by atoms with Gasteiger partial charge in [-0.3, -0.25) is 4.79 Å². The fourth-order valence-corrected chi connectivity index (χ4v) is 4.43. The van der Waals surface area contributed by atoms with E-state index >= 15 is 0 Å². The highest BCUT2D eigenvalue weighted by Crippen LogP contribution is 2.51.